The average molecular weight is 252 g/mol. The summed E-state index contributed by atoms with van der Waals surface area (Å²) < 4.78 is 11.0. The van der Waals surface area contributed by atoms with E-state index in [1.54, 1.807) is 14.0 Å². The van der Waals surface area contributed by atoms with Gasteiger partial charge in [-0.05, 0) is 36.5 Å². The first-order valence-corrected chi connectivity index (χ1v) is 6.32. The van der Waals surface area contributed by atoms with Crippen LogP contribution in [0.3, 0.4) is 0 Å². The summed E-state index contributed by atoms with van der Waals surface area (Å²) in [6.07, 6.45) is 0.483. The van der Waals surface area contributed by atoms with Crippen molar-refractivity contribution in [2.75, 3.05) is 13.7 Å². The van der Waals surface area contributed by atoms with Gasteiger partial charge < -0.3 is 14.6 Å². The van der Waals surface area contributed by atoms with Crippen LogP contribution >= 0.6 is 0 Å². The van der Waals surface area contributed by atoms with Crippen LogP contribution in [0.1, 0.15) is 45.8 Å². The molecule has 0 aliphatic heterocycles. The van der Waals surface area contributed by atoms with Crippen molar-refractivity contribution in [3.8, 4) is 11.5 Å². The molecule has 0 heterocycles. The number of hydrogen-bond acceptors (Lipinski definition) is 3. The highest BCUT2D eigenvalue weighted by Crippen LogP contribution is 2.31. The largest absolute Gasteiger partial charge is 0.493 e. The Hall–Kier alpha value is -1.22. The van der Waals surface area contributed by atoms with Crippen LogP contribution < -0.4 is 9.47 Å². The van der Waals surface area contributed by atoms with Gasteiger partial charge in [-0.15, -0.1) is 0 Å². The first-order chi connectivity index (χ1) is 8.33. The Morgan fingerprint density at radius 3 is 2.39 bits per heavy atom. The van der Waals surface area contributed by atoms with Crippen LogP contribution in [-0.2, 0) is 0 Å². The minimum Gasteiger partial charge on any atom is -0.493 e. The fraction of sp³-hybridized carbons (Fsp3) is 0.600. The van der Waals surface area contributed by atoms with Crippen LogP contribution in [0.25, 0.3) is 0 Å². The average Bonchev–Trinajstić information content (AvgIpc) is 2.27. The number of aliphatic hydroxyl groups excluding tert-OH is 1. The molecule has 18 heavy (non-hydrogen) atoms. The van der Waals surface area contributed by atoms with Gasteiger partial charge in [0, 0.05) is 0 Å². The van der Waals surface area contributed by atoms with Gasteiger partial charge in [-0.2, -0.15) is 0 Å². The van der Waals surface area contributed by atoms with E-state index in [-0.39, 0.29) is 5.41 Å². The molecule has 0 saturated carbocycles. The zero-order chi connectivity index (χ0) is 13.8. The van der Waals surface area contributed by atoms with Gasteiger partial charge in [-0.25, -0.2) is 0 Å². The molecule has 1 aromatic rings. The summed E-state index contributed by atoms with van der Waals surface area (Å²) in [7, 11) is 1.61. The Morgan fingerprint density at radius 1 is 1.22 bits per heavy atom. The molecule has 0 aliphatic carbocycles. The summed E-state index contributed by atoms with van der Waals surface area (Å²) in [5, 5.41) is 9.52. The molecule has 3 heteroatoms. The van der Waals surface area contributed by atoms with Gasteiger partial charge in [0.15, 0.2) is 11.5 Å². The molecule has 0 amide bonds. The van der Waals surface area contributed by atoms with Gasteiger partial charge >= 0.3 is 0 Å². The van der Waals surface area contributed by atoms with Gasteiger partial charge in [-0.3, -0.25) is 0 Å². The standard InChI is InChI=1S/C15H24O3/c1-11(16)12-6-7-13(14(10-12)17-5)18-9-8-15(2,3)4/h6-7,10-11,16H,8-9H2,1-5H3. The lowest BCUT2D eigenvalue weighted by atomic mass is 9.93. The molecule has 0 fully saturated rings. The van der Waals surface area contributed by atoms with E-state index in [0.29, 0.717) is 12.4 Å². The predicted molar refractivity (Wildman–Crippen MR) is 73.2 cm³/mol. The van der Waals surface area contributed by atoms with Crippen molar-refractivity contribution in [2.45, 2.75) is 40.2 Å². The fourth-order valence-electron chi connectivity index (χ4n) is 1.53. The molecule has 1 atom stereocenters. The second kappa shape index (κ2) is 6.10. The van der Waals surface area contributed by atoms with Crippen molar-refractivity contribution in [1.82, 2.24) is 0 Å². The highest BCUT2D eigenvalue weighted by atomic mass is 16.5. The van der Waals surface area contributed by atoms with Crippen molar-refractivity contribution in [3.05, 3.63) is 23.8 Å². The first kappa shape index (κ1) is 14.8. The Bertz CT molecular complexity index is 378. The number of hydrogen-bond donors (Lipinski definition) is 1. The molecular weight excluding hydrogens is 228 g/mol. The van der Waals surface area contributed by atoms with E-state index < -0.39 is 6.10 Å². The molecule has 3 nitrogen and oxygen atoms in total. The fourth-order valence-corrected chi connectivity index (χ4v) is 1.53. The predicted octanol–water partition coefficient (Wildman–Crippen LogP) is 3.56. The second-order valence-corrected chi connectivity index (χ2v) is 5.75. The van der Waals surface area contributed by atoms with Gasteiger partial charge in [0.1, 0.15) is 0 Å². The van der Waals surface area contributed by atoms with Crippen LogP contribution in [0, 0.1) is 5.41 Å². The molecule has 0 aliphatic rings. The lowest BCUT2D eigenvalue weighted by Gasteiger charge is -2.19. The number of methoxy groups -OCH3 is 1. The number of benzene rings is 1. The van der Waals surface area contributed by atoms with Crippen molar-refractivity contribution >= 4 is 0 Å². The topological polar surface area (TPSA) is 38.7 Å². The van der Waals surface area contributed by atoms with E-state index in [4.69, 9.17) is 9.47 Å². The van der Waals surface area contributed by atoms with E-state index in [0.717, 1.165) is 17.7 Å². The van der Waals surface area contributed by atoms with Gasteiger partial charge in [0.2, 0.25) is 0 Å². The summed E-state index contributed by atoms with van der Waals surface area (Å²) in [4.78, 5) is 0. The Morgan fingerprint density at radius 2 is 1.89 bits per heavy atom. The Balaban J connectivity index is 2.71. The Labute approximate surface area is 110 Å². The molecule has 1 N–H and O–H groups in total. The second-order valence-electron chi connectivity index (χ2n) is 5.75. The van der Waals surface area contributed by atoms with E-state index in [1.165, 1.54) is 0 Å². The number of rotatable bonds is 5. The third-order valence-electron chi connectivity index (χ3n) is 2.78. The van der Waals surface area contributed by atoms with Crippen molar-refractivity contribution in [1.29, 1.82) is 0 Å². The van der Waals surface area contributed by atoms with E-state index >= 15 is 0 Å². The summed E-state index contributed by atoms with van der Waals surface area (Å²) in [5.41, 5.74) is 1.09. The van der Waals surface area contributed by atoms with Gasteiger partial charge in [-0.1, -0.05) is 26.8 Å². The molecule has 0 aromatic heterocycles. The molecule has 0 radical (unpaired) electrons. The van der Waals surface area contributed by atoms with Crippen LogP contribution in [-0.4, -0.2) is 18.8 Å². The summed E-state index contributed by atoms with van der Waals surface area (Å²) in [6.45, 7) is 8.95. The highest BCUT2D eigenvalue weighted by Gasteiger charge is 2.12. The molecule has 1 unspecified atom stereocenters. The molecule has 0 saturated heterocycles. The van der Waals surface area contributed by atoms with Crippen LogP contribution in [0.2, 0.25) is 0 Å². The van der Waals surface area contributed by atoms with Gasteiger partial charge in [0.05, 0.1) is 19.8 Å². The van der Waals surface area contributed by atoms with Gasteiger partial charge in [0.25, 0.3) is 0 Å². The third kappa shape index (κ3) is 4.57. The normalized spacial score (nSPS) is 13.2. The van der Waals surface area contributed by atoms with Crippen molar-refractivity contribution in [2.24, 2.45) is 5.41 Å². The third-order valence-corrected chi connectivity index (χ3v) is 2.78. The lowest BCUT2D eigenvalue weighted by molar-refractivity contribution is 0.198. The maximum absolute atomic E-state index is 9.52. The maximum atomic E-state index is 9.52. The van der Waals surface area contributed by atoms with Crippen molar-refractivity contribution in [3.63, 3.8) is 0 Å². The lowest BCUT2D eigenvalue weighted by Crippen LogP contribution is -2.11. The summed E-state index contributed by atoms with van der Waals surface area (Å²) in [6, 6.07) is 5.53. The molecule has 1 aromatic carbocycles. The smallest absolute Gasteiger partial charge is 0.161 e. The van der Waals surface area contributed by atoms with E-state index in [1.807, 2.05) is 18.2 Å². The molecule has 0 spiro atoms. The SMILES string of the molecule is COc1cc(C(C)O)ccc1OCCC(C)(C)C. The number of aliphatic hydroxyl groups is 1. The minimum atomic E-state index is -0.498. The molecule has 0 bridgehead atoms. The maximum Gasteiger partial charge on any atom is 0.161 e. The van der Waals surface area contributed by atoms with Crippen LogP contribution in [0.15, 0.2) is 18.2 Å². The van der Waals surface area contributed by atoms with Crippen LogP contribution in [0.5, 0.6) is 11.5 Å². The summed E-state index contributed by atoms with van der Waals surface area (Å²) >= 11 is 0. The monoisotopic (exact) mass is 252 g/mol. The summed E-state index contributed by atoms with van der Waals surface area (Å²) in [5.74, 6) is 1.40. The molecule has 1 rings (SSSR count). The number of ether oxygens (including phenoxy) is 2. The van der Waals surface area contributed by atoms with Crippen LogP contribution in [0.4, 0.5) is 0 Å². The van der Waals surface area contributed by atoms with E-state index in [9.17, 15) is 5.11 Å². The highest BCUT2D eigenvalue weighted by molar-refractivity contribution is 5.43. The Kier molecular flexibility index (Phi) is 5.03. The molecular formula is C15H24O3. The first-order valence-electron chi connectivity index (χ1n) is 6.32. The quantitative estimate of drug-likeness (QED) is 0.870. The van der Waals surface area contributed by atoms with Crippen molar-refractivity contribution < 1.29 is 14.6 Å². The zero-order valence-corrected chi connectivity index (χ0v) is 12.0. The minimum absolute atomic E-state index is 0.257. The zero-order valence-electron chi connectivity index (χ0n) is 12.0. The molecule has 102 valence electrons. The van der Waals surface area contributed by atoms with E-state index in [2.05, 4.69) is 20.8 Å².